The van der Waals surface area contributed by atoms with Gasteiger partial charge in [-0.05, 0) is 52.1 Å². The number of hydrogen-bond acceptors (Lipinski definition) is 6. The van der Waals surface area contributed by atoms with Crippen LogP contribution in [0.4, 0.5) is 5.13 Å². The van der Waals surface area contributed by atoms with Crippen LogP contribution in [-0.2, 0) is 16.6 Å². The molecule has 7 heteroatoms. The Kier molecular flexibility index (Phi) is 5.85. The molecule has 1 amide bonds. The summed E-state index contributed by atoms with van der Waals surface area (Å²) in [5, 5.41) is 13.3. The number of aliphatic hydroxyl groups is 1. The van der Waals surface area contributed by atoms with Gasteiger partial charge in [-0.3, -0.25) is 14.5 Å². The largest absolute Gasteiger partial charge is 0.503 e. The first-order valence-electron chi connectivity index (χ1n) is 11.5. The number of amides is 1. The predicted molar refractivity (Wildman–Crippen MR) is 143 cm³/mol. The Morgan fingerprint density at radius 3 is 2.49 bits per heavy atom. The van der Waals surface area contributed by atoms with Crippen LogP contribution in [0.5, 0.6) is 0 Å². The molecule has 2 aromatic carbocycles. The third kappa shape index (κ3) is 4.09. The molecule has 1 N–H and O–H groups in total. The van der Waals surface area contributed by atoms with Crippen molar-refractivity contribution in [1.29, 1.82) is 0 Å². The molecule has 5 nitrogen and oxygen atoms in total. The molecule has 35 heavy (non-hydrogen) atoms. The highest BCUT2D eigenvalue weighted by molar-refractivity contribution is 7.22. The second kappa shape index (κ2) is 8.73. The van der Waals surface area contributed by atoms with E-state index in [1.54, 1.807) is 12.1 Å². The molecule has 4 aromatic rings. The molecule has 178 valence electrons. The number of Topliss-reactive ketones (excluding diaryl/α,β-unsaturated/α-hetero) is 1. The summed E-state index contributed by atoms with van der Waals surface area (Å²) in [6.45, 7) is 8.50. The number of aliphatic hydroxyl groups excluding tert-OH is 1. The third-order valence-electron chi connectivity index (χ3n) is 6.35. The first-order chi connectivity index (χ1) is 16.7. The van der Waals surface area contributed by atoms with Crippen molar-refractivity contribution >= 4 is 49.7 Å². The van der Waals surface area contributed by atoms with Crippen molar-refractivity contribution in [3.05, 3.63) is 92.9 Å². The average Bonchev–Trinajstić information content (AvgIpc) is 3.56. The van der Waals surface area contributed by atoms with Crippen LogP contribution in [0.2, 0.25) is 0 Å². The summed E-state index contributed by atoms with van der Waals surface area (Å²) < 4.78 is 0.964. The van der Waals surface area contributed by atoms with Gasteiger partial charge in [-0.25, -0.2) is 4.98 Å². The number of carbonyl (C=O) groups is 2. The number of ketones is 1. The Hall–Kier alpha value is -3.29. The highest BCUT2D eigenvalue weighted by Gasteiger charge is 2.46. The molecule has 0 aliphatic carbocycles. The van der Waals surface area contributed by atoms with Gasteiger partial charge in [-0.1, -0.05) is 75.4 Å². The van der Waals surface area contributed by atoms with E-state index in [0.717, 1.165) is 27.8 Å². The molecule has 0 radical (unpaired) electrons. The number of thiophene rings is 1. The van der Waals surface area contributed by atoms with Crippen LogP contribution in [0, 0.1) is 0 Å². The molecule has 1 aliphatic heterocycles. The van der Waals surface area contributed by atoms with Crippen LogP contribution < -0.4 is 4.90 Å². The van der Waals surface area contributed by atoms with Gasteiger partial charge in [0, 0.05) is 0 Å². The Bertz CT molecular complexity index is 1460. The van der Waals surface area contributed by atoms with Gasteiger partial charge < -0.3 is 5.11 Å². The highest BCUT2D eigenvalue weighted by atomic mass is 32.1. The van der Waals surface area contributed by atoms with Crippen LogP contribution in [-0.4, -0.2) is 21.8 Å². The number of aromatic nitrogens is 1. The Morgan fingerprint density at radius 1 is 1.11 bits per heavy atom. The van der Waals surface area contributed by atoms with E-state index in [9.17, 15) is 14.7 Å². The van der Waals surface area contributed by atoms with Crippen LogP contribution in [0.25, 0.3) is 10.2 Å². The number of thiazole rings is 1. The van der Waals surface area contributed by atoms with Crippen molar-refractivity contribution in [2.75, 3.05) is 4.90 Å². The fraction of sp³-hybridized carbons (Fsp3) is 0.250. The van der Waals surface area contributed by atoms with Crippen LogP contribution in [0.15, 0.2) is 71.3 Å². The molecule has 0 spiro atoms. The zero-order chi connectivity index (χ0) is 24.9. The van der Waals surface area contributed by atoms with E-state index in [2.05, 4.69) is 33.8 Å². The lowest BCUT2D eigenvalue weighted by molar-refractivity contribution is -0.117. The lowest BCUT2D eigenvalue weighted by Crippen LogP contribution is -2.31. The second-order valence-electron chi connectivity index (χ2n) is 9.67. The van der Waals surface area contributed by atoms with Crippen LogP contribution in [0.1, 0.15) is 60.1 Å². The number of hydrogen-bond donors (Lipinski definition) is 1. The molecule has 5 rings (SSSR count). The minimum absolute atomic E-state index is 0.0404. The molecule has 1 atom stereocenters. The van der Waals surface area contributed by atoms with Crippen LogP contribution in [0.3, 0.4) is 0 Å². The summed E-state index contributed by atoms with van der Waals surface area (Å²) in [6, 6.07) is 16.7. The molecule has 1 aliphatic rings. The molecule has 0 fully saturated rings. The van der Waals surface area contributed by atoms with E-state index in [1.807, 2.05) is 41.8 Å². The van der Waals surface area contributed by atoms with E-state index in [1.165, 1.54) is 33.1 Å². The van der Waals surface area contributed by atoms with Gasteiger partial charge >= 0.3 is 0 Å². The van der Waals surface area contributed by atoms with E-state index < -0.39 is 17.7 Å². The Labute approximate surface area is 212 Å². The summed E-state index contributed by atoms with van der Waals surface area (Å²) in [5.74, 6) is -1.46. The van der Waals surface area contributed by atoms with Crippen molar-refractivity contribution in [2.45, 2.75) is 45.6 Å². The fourth-order valence-electron chi connectivity index (χ4n) is 4.34. The SMILES string of the molecule is CCc1ccc2nc(N3C(=O)C(O)=C(C(=O)c4cccs4)[C@@H]3c3ccc(C(C)(C)C)cc3)sc2c1. The van der Waals surface area contributed by atoms with E-state index in [4.69, 9.17) is 4.98 Å². The minimum atomic E-state index is -0.766. The summed E-state index contributed by atoms with van der Waals surface area (Å²) in [6.07, 6.45) is 0.899. The number of aryl methyl sites for hydroxylation is 1. The van der Waals surface area contributed by atoms with Crippen molar-refractivity contribution in [3.63, 3.8) is 0 Å². The van der Waals surface area contributed by atoms with Crippen molar-refractivity contribution in [1.82, 2.24) is 4.98 Å². The first-order valence-corrected chi connectivity index (χ1v) is 13.2. The summed E-state index contributed by atoms with van der Waals surface area (Å²) in [5.41, 5.74) is 3.92. The maximum atomic E-state index is 13.5. The highest BCUT2D eigenvalue weighted by Crippen LogP contribution is 2.44. The summed E-state index contributed by atoms with van der Waals surface area (Å²) >= 11 is 2.69. The zero-order valence-electron chi connectivity index (χ0n) is 20.0. The summed E-state index contributed by atoms with van der Waals surface area (Å²) in [7, 11) is 0. The lowest BCUT2D eigenvalue weighted by atomic mass is 9.85. The van der Waals surface area contributed by atoms with Gasteiger partial charge in [0.15, 0.2) is 10.9 Å². The smallest absolute Gasteiger partial charge is 0.296 e. The van der Waals surface area contributed by atoms with Crippen molar-refractivity contribution in [2.24, 2.45) is 0 Å². The third-order valence-corrected chi connectivity index (χ3v) is 8.23. The molecule has 0 unspecified atom stereocenters. The topological polar surface area (TPSA) is 70.5 Å². The minimum Gasteiger partial charge on any atom is -0.503 e. The van der Waals surface area contributed by atoms with Gasteiger partial charge in [0.25, 0.3) is 5.91 Å². The van der Waals surface area contributed by atoms with E-state index in [-0.39, 0.29) is 16.8 Å². The maximum absolute atomic E-state index is 13.5. The monoisotopic (exact) mass is 502 g/mol. The number of benzene rings is 2. The molecule has 2 aromatic heterocycles. The predicted octanol–water partition coefficient (Wildman–Crippen LogP) is 7.00. The number of fused-ring (bicyclic) bond motifs is 1. The van der Waals surface area contributed by atoms with Gasteiger partial charge in [0.1, 0.15) is 0 Å². The van der Waals surface area contributed by atoms with Gasteiger partial charge in [-0.15, -0.1) is 11.3 Å². The maximum Gasteiger partial charge on any atom is 0.296 e. The number of anilines is 1. The normalized spacial score (nSPS) is 16.5. The van der Waals surface area contributed by atoms with Gasteiger partial charge in [0.2, 0.25) is 5.78 Å². The molecular formula is C28H26N2O3S2. The molecule has 0 saturated heterocycles. The molecule has 3 heterocycles. The first kappa shape index (κ1) is 23.5. The average molecular weight is 503 g/mol. The Morgan fingerprint density at radius 2 is 1.86 bits per heavy atom. The summed E-state index contributed by atoms with van der Waals surface area (Å²) in [4.78, 5) is 33.6. The zero-order valence-corrected chi connectivity index (χ0v) is 21.7. The number of nitrogens with zero attached hydrogens (tertiary/aromatic N) is 2. The van der Waals surface area contributed by atoms with Crippen molar-refractivity contribution < 1.29 is 14.7 Å². The van der Waals surface area contributed by atoms with Crippen molar-refractivity contribution in [3.8, 4) is 0 Å². The van der Waals surface area contributed by atoms with Gasteiger partial charge in [0.05, 0.1) is 26.7 Å². The van der Waals surface area contributed by atoms with Crippen LogP contribution >= 0.6 is 22.7 Å². The van der Waals surface area contributed by atoms with E-state index in [0.29, 0.717) is 10.0 Å². The standard InChI is InChI=1S/C28H26N2O3S2/c1-5-16-8-13-19-21(15-16)35-27(29-19)30-23(17-9-11-18(12-10-17)28(2,3)4)22(25(32)26(30)33)24(31)20-7-6-14-34-20/h6-15,23,32H,5H2,1-4H3/t23-/m0/s1. The number of rotatable bonds is 5. The molecule has 0 bridgehead atoms. The number of carbonyl (C=O) groups excluding carboxylic acids is 2. The fourth-order valence-corrected chi connectivity index (χ4v) is 6.07. The second-order valence-corrected chi connectivity index (χ2v) is 11.6. The van der Waals surface area contributed by atoms with E-state index >= 15 is 0 Å². The quantitative estimate of drug-likeness (QED) is 0.298. The lowest BCUT2D eigenvalue weighted by Gasteiger charge is -2.25. The van der Waals surface area contributed by atoms with Gasteiger partial charge in [-0.2, -0.15) is 0 Å². The Balaban J connectivity index is 1.66. The molecular weight excluding hydrogens is 476 g/mol. The molecule has 0 saturated carbocycles.